The van der Waals surface area contributed by atoms with Crippen molar-refractivity contribution in [3.8, 4) is 0 Å². The van der Waals surface area contributed by atoms with Gasteiger partial charge in [-0.05, 0) is 25.1 Å². The lowest BCUT2D eigenvalue weighted by Gasteiger charge is -2.11. The number of benzene rings is 2. The highest BCUT2D eigenvalue weighted by molar-refractivity contribution is 5.95. The van der Waals surface area contributed by atoms with Gasteiger partial charge < -0.3 is 0 Å². The van der Waals surface area contributed by atoms with Gasteiger partial charge in [0.05, 0.1) is 15.8 Å². The van der Waals surface area contributed by atoms with Crippen LogP contribution in [0.1, 0.15) is 16.2 Å². The zero-order valence-corrected chi connectivity index (χ0v) is 14.7. The van der Waals surface area contributed by atoms with E-state index >= 15 is 0 Å². The lowest BCUT2D eigenvalue weighted by Crippen LogP contribution is -2.44. The predicted molar refractivity (Wildman–Crippen MR) is 99.4 cm³/mol. The SMILES string of the molecule is Cc1nc2ccccc2c(=O)n1CC(=O)NNC(=O)c1cccc([N+](=O)[O-])c1. The van der Waals surface area contributed by atoms with E-state index in [9.17, 15) is 24.5 Å². The minimum atomic E-state index is -0.724. The fourth-order valence-electron chi connectivity index (χ4n) is 2.61. The summed E-state index contributed by atoms with van der Waals surface area (Å²) in [6.07, 6.45) is 0. The maximum atomic E-state index is 12.5. The number of hydrogen-bond acceptors (Lipinski definition) is 6. The van der Waals surface area contributed by atoms with Crippen molar-refractivity contribution in [1.82, 2.24) is 20.4 Å². The Hall–Kier alpha value is -4.08. The molecule has 10 heteroatoms. The number of para-hydroxylation sites is 1. The third-order valence-electron chi connectivity index (χ3n) is 3.99. The van der Waals surface area contributed by atoms with Crippen LogP contribution in [0.4, 0.5) is 5.69 Å². The first-order valence-corrected chi connectivity index (χ1v) is 8.16. The summed E-state index contributed by atoms with van der Waals surface area (Å²) in [4.78, 5) is 51.2. The average molecular weight is 381 g/mol. The van der Waals surface area contributed by atoms with E-state index in [1.807, 2.05) is 0 Å². The van der Waals surface area contributed by atoms with Crippen LogP contribution in [0, 0.1) is 17.0 Å². The lowest BCUT2D eigenvalue weighted by molar-refractivity contribution is -0.384. The Kier molecular flexibility index (Phi) is 5.12. The number of carbonyl (C=O) groups is 2. The molecule has 0 aliphatic rings. The third-order valence-corrected chi connectivity index (χ3v) is 3.99. The number of nitro groups is 1. The summed E-state index contributed by atoms with van der Waals surface area (Å²) < 4.78 is 1.19. The molecule has 0 saturated heterocycles. The number of fused-ring (bicyclic) bond motifs is 1. The Bertz CT molecular complexity index is 1150. The van der Waals surface area contributed by atoms with E-state index in [4.69, 9.17) is 0 Å². The largest absolute Gasteiger partial charge is 0.287 e. The molecule has 0 saturated carbocycles. The molecule has 28 heavy (non-hydrogen) atoms. The van der Waals surface area contributed by atoms with E-state index < -0.39 is 16.7 Å². The van der Waals surface area contributed by atoms with Crippen LogP contribution in [0.25, 0.3) is 10.9 Å². The molecule has 2 N–H and O–H groups in total. The molecule has 0 aliphatic carbocycles. The van der Waals surface area contributed by atoms with Crippen LogP contribution < -0.4 is 16.4 Å². The quantitative estimate of drug-likeness (QED) is 0.512. The third kappa shape index (κ3) is 3.85. The maximum Gasteiger partial charge on any atom is 0.270 e. The number of aromatic nitrogens is 2. The minimum absolute atomic E-state index is 0.00946. The number of nitrogens with one attached hydrogen (secondary N) is 2. The molecule has 0 atom stereocenters. The van der Waals surface area contributed by atoms with Crippen LogP contribution in [0.15, 0.2) is 53.3 Å². The number of non-ortho nitro benzene ring substituents is 1. The highest BCUT2D eigenvalue weighted by Gasteiger charge is 2.14. The molecule has 0 unspecified atom stereocenters. The first-order chi connectivity index (χ1) is 13.4. The number of hydrazine groups is 1. The molecule has 3 aromatic rings. The molecule has 0 radical (unpaired) electrons. The molecule has 1 heterocycles. The minimum Gasteiger partial charge on any atom is -0.287 e. The standard InChI is InChI=1S/C18H15N5O5/c1-11-19-15-8-3-2-7-14(15)18(26)22(11)10-16(24)20-21-17(25)12-5-4-6-13(9-12)23(27)28/h2-9H,10H2,1H3,(H,20,24)(H,21,25). The van der Waals surface area contributed by atoms with Crippen molar-refractivity contribution >= 4 is 28.4 Å². The number of rotatable bonds is 4. The van der Waals surface area contributed by atoms with Gasteiger partial charge in [-0.3, -0.25) is 39.9 Å². The summed E-state index contributed by atoms with van der Waals surface area (Å²) in [5.41, 5.74) is 4.27. The zero-order valence-electron chi connectivity index (χ0n) is 14.7. The van der Waals surface area contributed by atoms with Gasteiger partial charge in [-0.25, -0.2) is 4.98 Å². The molecular weight excluding hydrogens is 366 g/mol. The van der Waals surface area contributed by atoms with Gasteiger partial charge in [-0.15, -0.1) is 0 Å². The molecule has 3 rings (SSSR count). The van der Waals surface area contributed by atoms with Crippen LogP contribution in [-0.4, -0.2) is 26.3 Å². The number of aryl methyl sites for hydroxylation is 1. The number of nitro benzene ring substituents is 1. The van der Waals surface area contributed by atoms with E-state index in [0.717, 1.165) is 6.07 Å². The van der Waals surface area contributed by atoms with Crippen molar-refractivity contribution in [3.63, 3.8) is 0 Å². The van der Waals surface area contributed by atoms with Gasteiger partial charge in [0.25, 0.3) is 23.1 Å². The van der Waals surface area contributed by atoms with Gasteiger partial charge in [0.1, 0.15) is 12.4 Å². The predicted octanol–water partition coefficient (Wildman–Crippen LogP) is 1.07. The summed E-state index contributed by atoms with van der Waals surface area (Å²) >= 11 is 0. The molecule has 0 bridgehead atoms. The van der Waals surface area contributed by atoms with Crippen LogP contribution >= 0.6 is 0 Å². The Labute approximate surface area is 157 Å². The van der Waals surface area contributed by atoms with Crippen LogP contribution in [0.2, 0.25) is 0 Å². The fraction of sp³-hybridized carbons (Fsp3) is 0.111. The molecule has 142 valence electrons. The van der Waals surface area contributed by atoms with E-state index in [1.165, 1.54) is 22.8 Å². The molecule has 0 aliphatic heterocycles. The van der Waals surface area contributed by atoms with Crippen LogP contribution in [0.5, 0.6) is 0 Å². The first-order valence-electron chi connectivity index (χ1n) is 8.16. The van der Waals surface area contributed by atoms with Crippen molar-refractivity contribution < 1.29 is 14.5 Å². The Morgan fingerprint density at radius 2 is 1.89 bits per heavy atom. The first kappa shape index (κ1) is 18.7. The highest BCUT2D eigenvalue weighted by Crippen LogP contribution is 2.12. The van der Waals surface area contributed by atoms with Gasteiger partial charge in [-0.1, -0.05) is 18.2 Å². The Morgan fingerprint density at radius 1 is 1.14 bits per heavy atom. The number of amides is 2. The zero-order chi connectivity index (χ0) is 20.3. The van der Waals surface area contributed by atoms with Crippen LogP contribution in [-0.2, 0) is 11.3 Å². The average Bonchev–Trinajstić information content (AvgIpc) is 2.69. The summed E-state index contributed by atoms with van der Waals surface area (Å²) in [5.74, 6) is -1.03. The molecule has 0 fully saturated rings. The Morgan fingerprint density at radius 3 is 2.64 bits per heavy atom. The Balaban J connectivity index is 1.70. The monoisotopic (exact) mass is 381 g/mol. The van der Waals surface area contributed by atoms with Crippen molar-refractivity contribution in [3.05, 3.63) is 80.4 Å². The van der Waals surface area contributed by atoms with Gasteiger partial charge in [0.2, 0.25) is 0 Å². The van der Waals surface area contributed by atoms with Gasteiger partial charge in [-0.2, -0.15) is 0 Å². The summed E-state index contributed by atoms with van der Waals surface area (Å²) in [6.45, 7) is 1.25. The lowest BCUT2D eigenvalue weighted by atomic mass is 10.2. The smallest absolute Gasteiger partial charge is 0.270 e. The topological polar surface area (TPSA) is 136 Å². The van der Waals surface area contributed by atoms with E-state index in [2.05, 4.69) is 15.8 Å². The van der Waals surface area contributed by atoms with E-state index in [-0.39, 0.29) is 23.4 Å². The maximum absolute atomic E-state index is 12.5. The molecule has 2 aromatic carbocycles. The molecule has 1 aromatic heterocycles. The van der Waals surface area contributed by atoms with Gasteiger partial charge in [0, 0.05) is 17.7 Å². The second kappa shape index (κ2) is 7.66. The second-order valence-corrected chi connectivity index (χ2v) is 5.88. The number of nitrogens with zero attached hydrogens (tertiary/aromatic N) is 3. The number of carbonyl (C=O) groups excluding carboxylic acids is 2. The van der Waals surface area contributed by atoms with Crippen LogP contribution in [0.3, 0.4) is 0 Å². The molecule has 0 spiro atoms. The van der Waals surface area contributed by atoms with Gasteiger partial charge in [0.15, 0.2) is 0 Å². The molecule has 2 amide bonds. The van der Waals surface area contributed by atoms with Crippen molar-refractivity contribution in [1.29, 1.82) is 0 Å². The molecule has 10 nitrogen and oxygen atoms in total. The van der Waals surface area contributed by atoms with Crippen molar-refractivity contribution in [2.24, 2.45) is 0 Å². The van der Waals surface area contributed by atoms with E-state index in [1.54, 1.807) is 31.2 Å². The van der Waals surface area contributed by atoms with Crippen molar-refractivity contribution in [2.45, 2.75) is 13.5 Å². The van der Waals surface area contributed by atoms with Gasteiger partial charge >= 0.3 is 0 Å². The fourth-order valence-corrected chi connectivity index (χ4v) is 2.61. The summed E-state index contributed by atoms with van der Waals surface area (Å²) in [5, 5.41) is 11.1. The van der Waals surface area contributed by atoms with Crippen molar-refractivity contribution in [2.75, 3.05) is 0 Å². The number of hydrogen-bond donors (Lipinski definition) is 2. The normalized spacial score (nSPS) is 10.5. The highest BCUT2D eigenvalue weighted by atomic mass is 16.6. The summed E-state index contributed by atoms with van der Waals surface area (Å²) in [6, 6.07) is 11.8. The summed E-state index contributed by atoms with van der Waals surface area (Å²) in [7, 11) is 0. The molecular formula is C18H15N5O5. The second-order valence-electron chi connectivity index (χ2n) is 5.88. The van der Waals surface area contributed by atoms with E-state index in [0.29, 0.717) is 16.7 Å².